The fourth-order valence-electron chi connectivity index (χ4n) is 4.08. The smallest absolute Gasteiger partial charge is 0.123 e. The topological polar surface area (TPSA) is 66.2 Å². The zero-order valence-corrected chi connectivity index (χ0v) is 15.9. The van der Waals surface area contributed by atoms with Gasteiger partial charge in [-0.15, -0.1) is 5.10 Å². The van der Waals surface area contributed by atoms with Crippen molar-refractivity contribution in [3.63, 3.8) is 0 Å². The summed E-state index contributed by atoms with van der Waals surface area (Å²) in [7, 11) is 0. The fourth-order valence-corrected chi connectivity index (χ4v) is 4.08. The molecule has 5 rings (SSSR count). The number of likely N-dealkylation sites (tertiary alicyclic amines) is 1. The van der Waals surface area contributed by atoms with E-state index in [1.54, 1.807) is 0 Å². The Hall–Kier alpha value is -2.32. The SMILES string of the molecule is Fc1ccc(CN2C[C@@H]3[C@@H](C2)NCc2c(-c4ccccc4)nnn23)cc1.OCl. The molecule has 0 unspecified atom stereocenters. The summed E-state index contributed by atoms with van der Waals surface area (Å²) in [6, 6.07) is 17.6. The van der Waals surface area contributed by atoms with Crippen LogP contribution in [0.2, 0.25) is 0 Å². The van der Waals surface area contributed by atoms with E-state index in [0.717, 1.165) is 48.7 Å². The Kier molecular flexibility index (Phi) is 5.68. The summed E-state index contributed by atoms with van der Waals surface area (Å²) in [6.07, 6.45) is 0. The van der Waals surface area contributed by atoms with Gasteiger partial charge in [0.05, 0.1) is 23.6 Å². The van der Waals surface area contributed by atoms with Gasteiger partial charge in [-0.2, -0.15) is 0 Å². The third-order valence-electron chi connectivity index (χ3n) is 5.37. The molecule has 8 heteroatoms. The minimum absolute atomic E-state index is 0.189. The van der Waals surface area contributed by atoms with Gasteiger partial charge in [0.2, 0.25) is 0 Å². The Bertz CT molecular complexity index is 918. The highest BCUT2D eigenvalue weighted by Gasteiger charge is 2.39. The fraction of sp³-hybridized carbons (Fsp3) is 0.300. The van der Waals surface area contributed by atoms with Gasteiger partial charge in [0, 0.05) is 37.8 Å². The van der Waals surface area contributed by atoms with Crippen molar-refractivity contribution in [2.24, 2.45) is 0 Å². The molecule has 1 saturated heterocycles. The number of aromatic nitrogens is 3. The van der Waals surface area contributed by atoms with Crippen molar-refractivity contribution in [3.8, 4) is 11.3 Å². The average Bonchev–Trinajstić information content (AvgIpc) is 3.35. The Morgan fingerprint density at radius 3 is 2.57 bits per heavy atom. The van der Waals surface area contributed by atoms with E-state index in [9.17, 15) is 4.39 Å². The first kappa shape index (κ1) is 19.0. The average molecular weight is 402 g/mol. The largest absolute Gasteiger partial charge is 0.305 e. The van der Waals surface area contributed by atoms with Crippen molar-refractivity contribution >= 4 is 11.9 Å². The van der Waals surface area contributed by atoms with E-state index in [4.69, 9.17) is 4.66 Å². The molecule has 0 amide bonds. The second kappa shape index (κ2) is 8.36. The van der Waals surface area contributed by atoms with Crippen molar-refractivity contribution in [1.29, 1.82) is 0 Å². The van der Waals surface area contributed by atoms with Crippen molar-refractivity contribution in [3.05, 3.63) is 71.7 Å². The number of fused-ring (bicyclic) bond motifs is 3. The molecule has 28 heavy (non-hydrogen) atoms. The summed E-state index contributed by atoms with van der Waals surface area (Å²) in [6.45, 7) is 3.48. The first-order valence-corrected chi connectivity index (χ1v) is 9.48. The molecule has 1 fully saturated rings. The highest BCUT2D eigenvalue weighted by Crippen LogP contribution is 2.31. The van der Waals surface area contributed by atoms with Crippen LogP contribution in [0.1, 0.15) is 17.3 Å². The zero-order valence-electron chi connectivity index (χ0n) is 15.2. The Labute approximate surface area is 167 Å². The lowest BCUT2D eigenvalue weighted by atomic mass is 10.1. The van der Waals surface area contributed by atoms with Crippen LogP contribution in [-0.2, 0) is 13.1 Å². The predicted molar refractivity (Wildman–Crippen MR) is 105 cm³/mol. The monoisotopic (exact) mass is 401 g/mol. The molecule has 1 aromatic heterocycles. The molecule has 2 N–H and O–H groups in total. The second-order valence-corrected chi connectivity index (χ2v) is 7.07. The van der Waals surface area contributed by atoms with E-state index < -0.39 is 0 Å². The van der Waals surface area contributed by atoms with Crippen LogP contribution in [0, 0.1) is 5.82 Å². The number of halogens is 2. The molecule has 0 spiro atoms. The molecule has 2 aromatic carbocycles. The van der Waals surface area contributed by atoms with Gasteiger partial charge in [-0.25, -0.2) is 9.07 Å². The van der Waals surface area contributed by atoms with Crippen molar-refractivity contribution < 1.29 is 9.05 Å². The standard InChI is InChI=1S/C20H20FN5.ClHO/c21-16-8-6-14(7-9-16)11-25-12-17-19(13-25)26-18(10-22-17)20(23-24-26)15-4-2-1-3-5-15;1-2/h1-9,17,19,22H,10-13H2;2H/t17-,19-;/m1./s1. The van der Waals surface area contributed by atoms with Gasteiger partial charge in [-0.1, -0.05) is 47.7 Å². The van der Waals surface area contributed by atoms with Gasteiger partial charge in [0.25, 0.3) is 0 Å². The van der Waals surface area contributed by atoms with Crippen molar-refractivity contribution in [2.45, 2.75) is 25.2 Å². The molecular formula is C20H21ClFN5O. The van der Waals surface area contributed by atoms with E-state index in [-0.39, 0.29) is 11.9 Å². The van der Waals surface area contributed by atoms with Crippen molar-refractivity contribution in [2.75, 3.05) is 13.1 Å². The summed E-state index contributed by atoms with van der Waals surface area (Å²) in [5, 5.41) is 12.6. The Morgan fingerprint density at radius 1 is 1.07 bits per heavy atom. The Morgan fingerprint density at radius 2 is 1.82 bits per heavy atom. The minimum Gasteiger partial charge on any atom is -0.305 e. The van der Waals surface area contributed by atoms with Crippen LogP contribution in [0.5, 0.6) is 0 Å². The summed E-state index contributed by atoms with van der Waals surface area (Å²) in [5.41, 5.74) is 4.36. The molecule has 2 aliphatic heterocycles. The van der Waals surface area contributed by atoms with Crippen LogP contribution in [-0.4, -0.2) is 43.7 Å². The molecular weight excluding hydrogens is 381 g/mol. The van der Waals surface area contributed by atoms with E-state index in [0.29, 0.717) is 6.04 Å². The van der Waals surface area contributed by atoms with Crippen LogP contribution in [0.4, 0.5) is 4.39 Å². The maximum atomic E-state index is 13.1. The van der Waals surface area contributed by atoms with Gasteiger partial charge >= 0.3 is 0 Å². The van der Waals surface area contributed by atoms with Crippen molar-refractivity contribution in [1.82, 2.24) is 25.2 Å². The van der Waals surface area contributed by atoms with Crippen LogP contribution in [0.15, 0.2) is 54.6 Å². The first-order chi connectivity index (χ1) is 13.8. The van der Waals surface area contributed by atoms with E-state index in [1.165, 1.54) is 12.1 Å². The highest BCUT2D eigenvalue weighted by molar-refractivity contribution is 6.04. The summed E-state index contributed by atoms with van der Waals surface area (Å²) in [5.74, 6) is -0.189. The lowest BCUT2D eigenvalue weighted by Gasteiger charge is -2.27. The summed E-state index contributed by atoms with van der Waals surface area (Å²) >= 11 is 3.64. The zero-order chi connectivity index (χ0) is 19.5. The molecule has 6 nitrogen and oxygen atoms in total. The molecule has 0 bridgehead atoms. The summed E-state index contributed by atoms with van der Waals surface area (Å²) < 4.78 is 21.7. The van der Waals surface area contributed by atoms with Gasteiger partial charge in [-0.05, 0) is 17.7 Å². The number of hydrogen-bond acceptors (Lipinski definition) is 5. The van der Waals surface area contributed by atoms with Crippen LogP contribution < -0.4 is 5.32 Å². The normalized spacial score (nSPS) is 20.8. The highest BCUT2D eigenvalue weighted by atomic mass is 35.5. The third kappa shape index (κ3) is 3.66. The predicted octanol–water partition coefficient (Wildman–Crippen LogP) is 2.75. The molecule has 0 aliphatic carbocycles. The maximum Gasteiger partial charge on any atom is 0.123 e. The number of nitrogens with zero attached hydrogens (tertiary/aromatic N) is 4. The molecule has 3 heterocycles. The van der Waals surface area contributed by atoms with E-state index in [1.807, 2.05) is 30.3 Å². The Balaban J connectivity index is 0.000000932. The quantitative estimate of drug-likeness (QED) is 0.706. The number of benzene rings is 2. The third-order valence-corrected chi connectivity index (χ3v) is 5.37. The molecule has 0 saturated carbocycles. The molecule has 2 atom stereocenters. The van der Waals surface area contributed by atoms with E-state index >= 15 is 0 Å². The summed E-state index contributed by atoms with van der Waals surface area (Å²) in [4.78, 5) is 2.40. The lowest BCUT2D eigenvalue weighted by molar-refractivity contribution is 0.307. The molecule has 2 aliphatic rings. The van der Waals surface area contributed by atoms with Gasteiger partial charge in [0.1, 0.15) is 11.5 Å². The first-order valence-electron chi connectivity index (χ1n) is 9.14. The number of rotatable bonds is 3. The number of nitrogens with one attached hydrogen (secondary N) is 1. The van der Waals surface area contributed by atoms with Gasteiger partial charge < -0.3 is 5.32 Å². The van der Waals surface area contributed by atoms with Crippen LogP contribution in [0.3, 0.4) is 0 Å². The molecule has 146 valence electrons. The molecule has 3 aromatic rings. The van der Waals surface area contributed by atoms with Crippen LogP contribution in [0.25, 0.3) is 11.3 Å². The lowest BCUT2D eigenvalue weighted by Crippen LogP contribution is -2.42. The number of hydrogen-bond donors (Lipinski definition) is 2. The van der Waals surface area contributed by atoms with E-state index in [2.05, 4.69) is 49.2 Å². The minimum atomic E-state index is -0.189. The van der Waals surface area contributed by atoms with Gasteiger partial charge in [-0.3, -0.25) is 9.56 Å². The van der Waals surface area contributed by atoms with Crippen LogP contribution >= 0.6 is 11.9 Å². The second-order valence-electron chi connectivity index (χ2n) is 7.07. The molecule has 0 radical (unpaired) electrons. The van der Waals surface area contributed by atoms with Gasteiger partial charge in [0.15, 0.2) is 0 Å². The maximum absolute atomic E-state index is 13.1.